The second-order valence-electron chi connectivity index (χ2n) is 4.45. The molecule has 20 heavy (non-hydrogen) atoms. The quantitative estimate of drug-likeness (QED) is 0.885. The number of nitrogens with two attached hydrogens (primary N) is 1. The summed E-state index contributed by atoms with van der Waals surface area (Å²) in [4.78, 5) is 4.77. The molecule has 2 nitrogen and oxygen atoms in total. The Morgan fingerprint density at radius 2 is 1.80 bits per heavy atom. The fourth-order valence-corrected chi connectivity index (χ4v) is 3.79. The van der Waals surface area contributed by atoms with E-state index >= 15 is 0 Å². The molecule has 106 valence electrons. The molecule has 5 heteroatoms. The monoisotopic (exact) mass is 326 g/mol. The van der Waals surface area contributed by atoms with E-state index in [9.17, 15) is 0 Å². The first kappa shape index (κ1) is 15.5. The zero-order valence-electron chi connectivity index (χ0n) is 10.9. The van der Waals surface area contributed by atoms with Crippen molar-refractivity contribution in [3.05, 3.63) is 47.5 Å². The van der Waals surface area contributed by atoms with Gasteiger partial charge in [-0.2, -0.15) is 0 Å². The highest BCUT2D eigenvalue weighted by Gasteiger charge is 2.24. The summed E-state index contributed by atoms with van der Waals surface area (Å²) in [5.74, 6) is 0. The van der Waals surface area contributed by atoms with Crippen LogP contribution < -0.4 is 10.6 Å². The Balaban J connectivity index is 0.00000147. The van der Waals surface area contributed by atoms with E-state index in [1.807, 2.05) is 12.1 Å². The van der Waals surface area contributed by atoms with Crippen LogP contribution in [0.15, 0.2) is 52.3 Å². The van der Waals surface area contributed by atoms with E-state index in [2.05, 4.69) is 35.2 Å². The van der Waals surface area contributed by atoms with Crippen molar-refractivity contribution in [3.8, 4) is 0 Å². The van der Waals surface area contributed by atoms with Crippen LogP contribution in [0.5, 0.6) is 0 Å². The van der Waals surface area contributed by atoms with Crippen molar-refractivity contribution in [3.63, 3.8) is 0 Å². The number of fused-ring (bicyclic) bond motifs is 2. The van der Waals surface area contributed by atoms with Crippen LogP contribution in [0.4, 0.5) is 11.4 Å². The molecule has 2 N–H and O–H groups in total. The van der Waals surface area contributed by atoms with E-state index in [1.54, 1.807) is 11.8 Å². The third-order valence-electron chi connectivity index (χ3n) is 3.18. The molecule has 3 rings (SSSR count). The number of halogens is 2. The molecule has 0 radical (unpaired) electrons. The van der Waals surface area contributed by atoms with Gasteiger partial charge in [0.2, 0.25) is 0 Å². The molecule has 0 aliphatic carbocycles. The topological polar surface area (TPSA) is 29.3 Å². The Hall–Kier alpha value is -0.870. The Morgan fingerprint density at radius 1 is 1.05 bits per heavy atom. The predicted octanol–water partition coefficient (Wildman–Crippen LogP) is 4.71. The van der Waals surface area contributed by atoms with Gasteiger partial charge in [-0.15, -0.1) is 12.4 Å². The van der Waals surface area contributed by atoms with Crippen LogP contribution in [0.25, 0.3) is 0 Å². The van der Waals surface area contributed by atoms with Crippen molar-refractivity contribution in [2.75, 3.05) is 18.0 Å². The first-order valence-corrected chi connectivity index (χ1v) is 7.53. The molecule has 0 saturated heterocycles. The van der Waals surface area contributed by atoms with Crippen LogP contribution in [-0.2, 0) is 0 Å². The zero-order valence-corrected chi connectivity index (χ0v) is 13.3. The number of para-hydroxylation sites is 2. The molecule has 0 saturated carbocycles. The summed E-state index contributed by atoms with van der Waals surface area (Å²) in [5, 5.41) is 0.802. The molecule has 0 aromatic heterocycles. The van der Waals surface area contributed by atoms with Crippen molar-refractivity contribution in [1.82, 2.24) is 0 Å². The minimum Gasteiger partial charge on any atom is -0.338 e. The molecular formula is C15H16Cl2N2S. The van der Waals surface area contributed by atoms with Gasteiger partial charge in [0.25, 0.3) is 0 Å². The molecule has 1 heterocycles. The van der Waals surface area contributed by atoms with Crippen LogP contribution >= 0.6 is 35.8 Å². The lowest BCUT2D eigenvalue weighted by Crippen LogP contribution is -2.24. The van der Waals surface area contributed by atoms with E-state index < -0.39 is 0 Å². The van der Waals surface area contributed by atoms with Crippen LogP contribution in [0.3, 0.4) is 0 Å². The average Bonchev–Trinajstić information content (AvgIpc) is 2.44. The molecular weight excluding hydrogens is 311 g/mol. The second kappa shape index (κ2) is 6.72. The van der Waals surface area contributed by atoms with Gasteiger partial charge in [0, 0.05) is 16.3 Å². The lowest BCUT2D eigenvalue weighted by atomic mass is 10.2. The molecule has 2 aromatic carbocycles. The molecule has 0 spiro atoms. The summed E-state index contributed by atoms with van der Waals surface area (Å²) in [6.45, 7) is 1.58. The van der Waals surface area contributed by atoms with Gasteiger partial charge in [-0.05, 0) is 37.2 Å². The van der Waals surface area contributed by atoms with Crippen LogP contribution in [0, 0.1) is 0 Å². The van der Waals surface area contributed by atoms with Crippen molar-refractivity contribution in [2.45, 2.75) is 16.2 Å². The van der Waals surface area contributed by atoms with Gasteiger partial charge in [0.15, 0.2) is 0 Å². The highest BCUT2D eigenvalue weighted by atomic mass is 35.5. The van der Waals surface area contributed by atoms with Gasteiger partial charge >= 0.3 is 0 Å². The number of nitrogens with zero attached hydrogens (tertiary/aromatic N) is 1. The van der Waals surface area contributed by atoms with Crippen molar-refractivity contribution in [1.29, 1.82) is 0 Å². The van der Waals surface area contributed by atoms with Crippen LogP contribution in [0.2, 0.25) is 5.02 Å². The molecule has 0 unspecified atom stereocenters. The van der Waals surface area contributed by atoms with Gasteiger partial charge in [-0.25, -0.2) is 0 Å². The number of benzene rings is 2. The molecule has 1 aliphatic rings. The molecule has 0 bridgehead atoms. The van der Waals surface area contributed by atoms with Gasteiger partial charge < -0.3 is 10.6 Å². The normalized spacial score (nSPS) is 12.4. The zero-order chi connectivity index (χ0) is 13.2. The van der Waals surface area contributed by atoms with E-state index in [0.29, 0.717) is 6.54 Å². The third kappa shape index (κ3) is 2.77. The van der Waals surface area contributed by atoms with Crippen molar-refractivity contribution < 1.29 is 0 Å². The first-order valence-electron chi connectivity index (χ1n) is 6.34. The number of rotatable bonds is 3. The number of anilines is 2. The van der Waals surface area contributed by atoms with E-state index in [0.717, 1.165) is 23.7 Å². The minimum atomic E-state index is 0. The predicted molar refractivity (Wildman–Crippen MR) is 89.9 cm³/mol. The Labute approximate surface area is 134 Å². The fourth-order valence-electron chi connectivity index (χ4n) is 2.33. The Kier molecular flexibility index (Phi) is 5.22. The van der Waals surface area contributed by atoms with Crippen LogP contribution in [-0.4, -0.2) is 13.1 Å². The molecule has 0 amide bonds. The maximum absolute atomic E-state index is 6.40. The summed E-state index contributed by atoms with van der Waals surface area (Å²) in [6, 6.07) is 14.5. The fraction of sp³-hybridized carbons (Fsp3) is 0.200. The molecule has 0 atom stereocenters. The van der Waals surface area contributed by atoms with Crippen molar-refractivity contribution in [2.24, 2.45) is 5.73 Å². The van der Waals surface area contributed by atoms with Crippen molar-refractivity contribution >= 4 is 47.1 Å². The number of hydrogen-bond acceptors (Lipinski definition) is 3. The van der Waals surface area contributed by atoms with Gasteiger partial charge in [0.05, 0.1) is 16.4 Å². The Morgan fingerprint density at radius 3 is 2.60 bits per heavy atom. The highest BCUT2D eigenvalue weighted by Crippen LogP contribution is 2.50. The molecule has 1 aliphatic heterocycles. The summed E-state index contributed by atoms with van der Waals surface area (Å²) in [5.41, 5.74) is 7.99. The SMILES string of the molecule is Cl.NCCCN1c2ccccc2Sc2cccc(Cl)c21. The average molecular weight is 327 g/mol. The number of hydrogen-bond donors (Lipinski definition) is 1. The lowest BCUT2D eigenvalue weighted by molar-refractivity contribution is 0.807. The molecule has 2 aromatic rings. The summed E-state index contributed by atoms with van der Waals surface area (Å²) < 4.78 is 0. The summed E-state index contributed by atoms with van der Waals surface area (Å²) >= 11 is 8.17. The first-order chi connectivity index (χ1) is 9.31. The summed E-state index contributed by atoms with van der Waals surface area (Å²) in [7, 11) is 0. The standard InChI is InChI=1S/C15H15ClN2S.ClH/c16-11-5-3-8-14-15(11)18(10-4-9-17)12-6-1-2-7-13(12)19-14;/h1-3,5-8H,4,9-10,17H2;1H. The lowest BCUT2D eigenvalue weighted by Gasteiger charge is -2.33. The second-order valence-corrected chi connectivity index (χ2v) is 5.94. The minimum absolute atomic E-state index is 0. The maximum Gasteiger partial charge on any atom is 0.0742 e. The highest BCUT2D eigenvalue weighted by molar-refractivity contribution is 7.99. The maximum atomic E-state index is 6.40. The van der Waals surface area contributed by atoms with E-state index in [1.165, 1.54) is 15.5 Å². The third-order valence-corrected chi connectivity index (χ3v) is 4.60. The van der Waals surface area contributed by atoms with Gasteiger partial charge in [0.1, 0.15) is 0 Å². The summed E-state index contributed by atoms with van der Waals surface area (Å²) in [6.07, 6.45) is 0.948. The van der Waals surface area contributed by atoms with E-state index in [-0.39, 0.29) is 12.4 Å². The van der Waals surface area contributed by atoms with Gasteiger partial charge in [-0.3, -0.25) is 0 Å². The van der Waals surface area contributed by atoms with E-state index in [4.69, 9.17) is 17.3 Å². The molecule has 0 fully saturated rings. The van der Waals surface area contributed by atoms with Gasteiger partial charge in [-0.1, -0.05) is 41.6 Å². The smallest absolute Gasteiger partial charge is 0.0742 e. The largest absolute Gasteiger partial charge is 0.338 e. The van der Waals surface area contributed by atoms with Crippen LogP contribution in [0.1, 0.15) is 6.42 Å². The Bertz CT molecular complexity index is 604.